The molecule has 7 rings (SSSR count). The topological polar surface area (TPSA) is 0 Å². The second-order valence-electron chi connectivity index (χ2n) is 10.7. The van der Waals surface area contributed by atoms with E-state index in [9.17, 15) is 0 Å². The molecular formula is C39H32. The second-order valence-corrected chi connectivity index (χ2v) is 10.7. The molecule has 188 valence electrons. The number of benzene rings is 5. The molecular weight excluding hydrogens is 468 g/mol. The minimum absolute atomic E-state index is 0.992. The molecule has 0 atom stereocenters. The minimum Gasteiger partial charge on any atom is -0.0801 e. The highest BCUT2D eigenvalue weighted by molar-refractivity contribution is 6.00. The quantitative estimate of drug-likeness (QED) is 0.208. The zero-order valence-corrected chi connectivity index (χ0v) is 22.2. The molecule has 5 aromatic carbocycles. The van der Waals surface area contributed by atoms with Crippen molar-refractivity contribution in [3.05, 3.63) is 171 Å². The van der Waals surface area contributed by atoms with Gasteiger partial charge in [-0.2, -0.15) is 0 Å². The standard InChI is InChI=1S/C39H32/c1-3-13-28(14-4-1)23-25-31(26-24-29-15-5-2-6-16-29)38-37(30-17-7-8-18-30)35-22-12-11-21-34(35)36-27-32-19-9-10-20-33(32)39(36)38/h1-17,19-22,27H,18,23-26H2. The molecule has 2 aliphatic rings. The van der Waals surface area contributed by atoms with Crippen LogP contribution in [0.2, 0.25) is 0 Å². The summed E-state index contributed by atoms with van der Waals surface area (Å²) in [6.07, 6.45) is 14.5. The van der Waals surface area contributed by atoms with Gasteiger partial charge in [0.1, 0.15) is 0 Å². The SMILES string of the molecule is C1=CCC(c2c(=C(CCc3ccccc3)CCc3ccccc3)c3c(c4ccccc24)C=c2ccccc2=3)=C1. The molecule has 0 heterocycles. The van der Waals surface area contributed by atoms with Gasteiger partial charge in [0.2, 0.25) is 0 Å². The Morgan fingerprint density at radius 1 is 0.615 bits per heavy atom. The van der Waals surface area contributed by atoms with Gasteiger partial charge in [0.05, 0.1) is 0 Å². The average molecular weight is 501 g/mol. The maximum atomic E-state index is 2.42. The van der Waals surface area contributed by atoms with Gasteiger partial charge in [-0.3, -0.25) is 0 Å². The van der Waals surface area contributed by atoms with Crippen molar-refractivity contribution in [2.75, 3.05) is 0 Å². The van der Waals surface area contributed by atoms with E-state index in [0.29, 0.717) is 0 Å². The summed E-state index contributed by atoms with van der Waals surface area (Å²) >= 11 is 0. The minimum atomic E-state index is 0.992. The van der Waals surface area contributed by atoms with E-state index in [1.54, 1.807) is 5.57 Å². The van der Waals surface area contributed by atoms with Gasteiger partial charge in [0.15, 0.2) is 0 Å². The zero-order valence-electron chi connectivity index (χ0n) is 22.2. The molecule has 0 fully saturated rings. The lowest BCUT2D eigenvalue weighted by Gasteiger charge is -2.17. The summed E-state index contributed by atoms with van der Waals surface area (Å²) in [5.41, 5.74) is 8.64. The smallest absolute Gasteiger partial charge is 0.00205 e. The van der Waals surface area contributed by atoms with E-state index in [4.69, 9.17) is 0 Å². The Hall–Kier alpha value is -4.42. The summed E-state index contributed by atoms with van der Waals surface area (Å²) in [5, 5.41) is 8.36. The van der Waals surface area contributed by atoms with Crippen LogP contribution in [0.3, 0.4) is 0 Å². The molecule has 0 bridgehead atoms. The molecule has 2 aliphatic carbocycles. The van der Waals surface area contributed by atoms with Gasteiger partial charge < -0.3 is 0 Å². The molecule has 0 aromatic heterocycles. The predicted octanol–water partition coefficient (Wildman–Crippen LogP) is 8.03. The first-order valence-electron chi connectivity index (χ1n) is 14.2. The van der Waals surface area contributed by atoms with Crippen LogP contribution >= 0.6 is 0 Å². The first-order chi connectivity index (χ1) is 19.4. The Morgan fingerprint density at radius 3 is 1.90 bits per heavy atom. The molecule has 0 N–H and O–H groups in total. The van der Waals surface area contributed by atoms with Crippen LogP contribution in [-0.2, 0) is 12.8 Å². The normalized spacial score (nSPS) is 13.2. The third-order valence-corrected chi connectivity index (χ3v) is 8.35. The molecule has 0 unspecified atom stereocenters. The van der Waals surface area contributed by atoms with Crippen LogP contribution in [0.1, 0.15) is 41.5 Å². The molecule has 0 saturated heterocycles. The van der Waals surface area contributed by atoms with Gasteiger partial charge >= 0.3 is 0 Å². The molecule has 0 saturated carbocycles. The zero-order chi connectivity index (χ0) is 26.0. The number of allylic oxidation sites excluding steroid dienone is 4. The van der Waals surface area contributed by atoms with Crippen LogP contribution in [-0.4, -0.2) is 0 Å². The highest BCUT2D eigenvalue weighted by Crippen LogP contribution is 2.32. The summed E-state index contributed by atoms with van der Waals surface area (Å²) in [6.45, 7) is 0. The molecule has 0 spiro atoms. The van der Waals surface area contributed by atoms with Crippen molar-refractivity contribution in [2.45, 2.75) is 32.1 Å². The third-order valence-electron chi connectivity index (χ3n) is 8.35. The van der Waals surface area contributed by atoms with Crippen LogP contribution in [0.5, 0.6) is 0 Å². The Morgan fingerprint density at radius 2 is 1.23 bits per heavy atom. The first-order valence-corrected chi connectivity index (χ1v) is 14.2. The summed E-state index contributed by atoms with van der Waals surface area (Å²) in [5.74, 6) is 0. The van der Waals surface area contributed by atoms with Gasteiger partial charge in [-0.05, 0) is 97.7 Å². The van der Waals surface area contributed by atoms with Crippen LogP contribution in [0.25, 0.3) is 28.0 Å². The Kier molecular flexibility index (Phi) is 6.31. The highest BCUT2D eigenvalue weighted by Gasteiger charge is 2.19. The van der Waals surface area contributed by atoms with Crippen LogP contribution in [0.4, 0.5) is 0 Å². The van der Waals surface area contributed by atoms with Gasteiger partial charge in [-0.25, -0.2) is 0 Å². The molecule has 0 amide bonds. The molecule has 0 heteroatoms. The maximum Gasteiger partial charge on any atom is -0.00205 e. The lowest BCUT2D eigenvalue weighted by atomic mass is 9.86. The third kappa shape index (κ3) is 4.47. The van der Waals surface area contributed by atoms with E-state index >= 15 is 0 Å². The molecule has 39 heavy (non-hydrogen) atoms. The monoisotopic (exact) mass is 500 g/mol. The van der Waals surface area contributed by atoms with Gasteiger partial charge in [-0.1, -0.05) is 133 Å². The van der Waals surface area contributed by atoms with Crippen LogP contribution in [0, 0.1) is 10.4 Å². The second kappa shape index (κ2) is 10.4. The number of rotatable bonds is 7. The Labute approximate surface area is 230 Å². The van der Waals surface area contributed by atoms with Crippen molar-refractivity contribution in [2.24, 2.45) is 0 Å². The largest absolute Gasteiger partial charge is 0.0801 e. The number of hydrogen-bond donors (Lipinski definition) is 0. The van der Waals surface area contributed by atoms with Gasteiger partial charge in [-0.15, -0.1) is 0 Å². The Balaban J connectivity index is 1.58. The molecule has 0 nitrogen and oxygen atoms in total. The Bertz CT molecular complexity index is 1910. The van der Waals surface area contributed by atoms with E-state index in [0.717, 1.165) is 32.1 Å². The number of aryl methyl sites for hydroxylation is 2. The van der Waals surface area contributed by atoms with Crippen molar-refractivity contribution in [3.8, 4) is 0 Å². The van der Waals surface area contributed by atoms with Gasteiger partial charge in [0, 0.05) is 0 Å². The van der Waals surface area contributed by atoms with E-state index in [2.05, 4.69) is 133 Å². The fourth-order valence-corrected chi connectivity index (χ4v) is 6.48. The van der Waals surface area contributed by atoms with Crippen molar-refractivity contribution in [1.29, 1.82) is 0 Å². The summed E-state index contributed by atoms with van der Waals surface area (Å²) < 4.78 is 0. The summed E-state index contributed by atoms with van der Waals surface area (Å²) in [4.78, 5) is 0. The number of fused-ring (bicyclic) bond motifs is 4. The van der Waals surface area contributed by atoms with E-state index in [1.165, 1.54) is 59.5 Å². The lowest BCUT2D eigenvalue weighted by molar-refractivity contribution is 0.912. The number of hydrogen-bond acceptors (Lipinski definition) is 0. The van der Waals surface area contributed by atoms with E-state index in [-0.39, 0.29) is 0 Å². The highest BCUT2D eigenvalue weighted by atomic mass is 14.2. The van der Waals surface area contributed by atoms with Crippen molar-refractivity contribution >= 4 is 28.0 Å². The summed E-state index contributed by atoms with van der Waals surface area (Å²) in [6, 6.07) is 40.0. The lowest BCUT2D eigenvalue weighted by Crippen LogP contribution is -2.19. The van der Waals surface area contributed by atoms with E-state index < -0.39 is 0 Å². The molecule has 0 radical (unpaired) electrons. The predicted molar refractivity (Wildman–Crippen MR) is 166 cm³/mol. The van der Waals surface area contributed by atoms with Crippen molar-refractivity contribution in [3.63, 3.8) is 0 Å². The fourth-order valence-electron chi connectivity index (χ4n) is 6.48. The molecule has 0 aliphatic heterocycles. The average Bonchev–Trinajstić information content (AvgIpc) is 3.67. The summed E-state index contributed by atoms with van der Waals surface area (Å²) in [7, 11) is 0. The molecule has 5 aromatic rings. The van der Waals surface area contributed by atoms with Crippen molar-refractivity contribution < 1.29 is 0 Å². The first kappa shape index (κ1) is 23.7. The maximum absolute atomic E-state index is 2.42. The fraction of sp³-hybridized carbons (Fsp3) is 0.128. The van der Waals surface area contributed by atoms with Gasteiger partial charge in [0.25, 0.3) is 0 Å². The van der Waals surface area contributed by atoms with Crippen LogP contribution < -0.4 is 10.4 Å². The van der Waals surface area contributed by atoms with Crippen LogP contribution in [0.15, 0.2) is 127 Å². The van der Waals surface area contributed by atoms with E-state index in [1.807, 2.05) is 0 Å². The van der Waals surface area contributed by atoms with Crippen molar-refractivity contribution in [1.82, 2.24) is 0 Å².